The van der Waals surface area contributed by atoms with Crippen molar-refractivity contribution in [3.63, 3.8) is 0 Å². The molecule has 6 nitrogen and oxygen atoms in total. The molecule has 1 fully saturated rings. The van der Waals surface area contributed by atoms with E-state index < -0.39 is 11.9 Å². The summed E-state index contributed by atoms with van der Waals surface area (Å²) in [6, 6.07) is 8.80. The van der Waals surface area contributed by atoms with Gasteiger partial charge in [-0.3, -0.25) is 9.69 Å². The number of aliphatic carboxylic acids is 1. The molecule has 2 aromatic carbocycles. The van der Waals surface area contributed by atoms with Gasteiger partial charge in [0.05, 0.1) is 43.3 Å². The van der Waals surface area contributed by atoms with Crippen molar-refractivity contribution >= 4 is 29.2 Å². The van der Waals surface area contributed by atoms with Crippen molar-refractivity contribution in [2.45, 2.75) is 18.9 Å². The van der Waals surface area contributed by atoms with Crippen LogP contribution in [0, 0.1) is 5.92 Å². The van der Waals surface area contributed by atoms with Crippen LogP contribution in [0.3, 0.4) is 0 Å². The predicted octanol–water partition coefficient (Wildman–Crippen LogP) is 4.91. The van der Waals surface area contributed by atoms with Crippen LogP contribution in [0.1, 0.15) is 30.0 Å². The number of nitrogens with zero attached hydrogens (tertiary/aromatic N) is 1. The third kappa shape index (κ3) is 4.31. The van der Waals surface area contributed by atoms with E-state index in [-0.39, 0.29) is 6.04 Å². The molecule has 0 bridgehead atoms. The Morgan fingerprint density at radius 2 is 1.80 bits per heavy atom. The average molecular weight is 454 g/mol. The van der Waals surface area contributed by atoms with E-state index in [9.17, 15) is 9.90 Å². The van der Waals surface area contributed by atoms with Crippen LogP contribution in [0.15, 0.2) is 30.3 Å². The molecule has 2 aromatic rings. The summed E-state index contributed by atoms with van der Waals surface area (Å²) in [6.45, 7) is 1.11. The Morgan fingerprint density at radius 3 is 2.43 bits per heavy atom. The molecule has 1 N–H and O–H groups in total. The van der Waals surface area contributed by atoms with Crippen LogP contribution in [-0.4, -0.2) is 50.4 Å². The van der Waals surface area contributed by atoms with Crippen LogP contribution in [0.4, 0.5) is 0 Å². The smallest absolute Gasteiger partial charge is 0.307 e. The molecule has 2 unspecified atom stereocenters. The van der Waals surface area contributed by atoms with Crippen molar-refractivity contribution in [2.75, 3.05) is 34.4 Å². The molecular formula is C22H25Cl2NO5. The topological polar surface area (TPSA) is 68.2 Å². The van der Waals surface area contributed by atoms with Gasteiger partial charge in [0, 0.05) is 12.1 Å². The van der Waals surface area contributed by atoms with Crippen LogP contribution in [0.2, 0.25) is 10.0 Å². The third-order valence-corrected chi connectivity index (χ3v) is 6.31. The summed E-state index contributed by atoms with van der Waals surface area (Å²) in [5.41, 5.74) is 1.58. The average Bonchev–Trinajstić information content (AvgIpc) is 2.76. The second kappa shape index (κ2) is 9.77. The van der Waals surface area contributed by atoms with Gasteiger partial charge < -0.3 is 19.3 Å². The lowest BCUT2D eigenvalue weighted by Gasteiger charge is -2.38. The first-order valence-electron chi connectivity index (χ1n) is 9.62. The first kappa shape index (κ1) is 22.5. The Balaban J connectivity index is 2.20. The highest BCUT2D eigenvalue weighted by molar-refractivity contribution is 6.42. The maximum Gasteiger partial charge on any atom is 0.307 e. The molecule has 3 rings (SSSR count). The standard InChI is InChI=1S/C22H25Cl2NO5/c1-28-17-10-9-15(20(29-2)21(17)30-3)19(14-7-4-8-16(23)18(14)24)25-11-5-6-13(12-25)22(26)27/h4,7-10,13,19H,5-6,11-12H2,1-3H3,(H,26,27). The van der Waals surface area contributed by atoms with E-state index in [4.69, 9.17) is 37.4 Å². The summed E-state index contributed by atoms with van der Waals surface area (Å²) in [7, 11) is 4.67. The van der Waals surface area contributed by atoms with Crippen molar-refractivity contribution in [1.29, 1.82) is 0 Å². The fourth-order valence-corrected chi connectivity index (χ4v) is 4.49. The molecule has 1 saturated heterocycles. The highest BCUT2D eigenvalue weighted by Crippen LogP contribution is 2.47. The lowest BCUT2D eigenvalue weighted by molar-refractivity contribution is -0.143. The molecule has 0 amide bonds. The van der Waals surface area contributed by atoms with Gasteiger partial charge in [-0.1, -0.05) is 35.3 Å². The number of ether oxygens (including phenoxy) is 3. The molecule has 0 spiro atoms. The van der Waals surface area contributed by atoms with E-state index in [1.165, 1.54) is 0 Å². The number of rotatable bonds is 7. The van der Waals surface area contributed by atoms with Gasteiger partial charge in [-0.15, -0.1) is 0 Å². The molecule has 162 valence electrons. The summed E-state index contributed by atoms with van der Waals surface area (Å²) in [5.74, 6) is 0.263. The molecule has 30 heavy (non-hydrogen) atoms. The van der Waals surface area contributed by atoms with Gasteiger partial charge in [-0.25, -0.2) is 0 Å². The van der Waals surface area contributed by atoms with Gasteiger partial charge in [-0.05, 0) is 43.1 Å². The zero-order chi connectivity index (χ0) is 21.8. The minimum absolute atomic E-state index is 0.367. The molecule has 2 atom stereocenters. The summed E-state index contributed by atoms with van der Waals surface area (Å²) < 4.78 is 16.7. The summed E-state index contributed by atoms with van der Waals surface area (Å²) >= 11 is 12.9. The first-order chi connectivity index (χ1) is 14.4. The largest absolute Gasteiger partial charge is 0.493 e. The van der Waals surface area contributed by atoms with Crippen molar-refractivity contribution in [1.82, 2.24) is 4.90 Å². The number of carboxylic acids is 1. The number of hydrogen-bond donors (Lipinski definition) is 1. The van der Waals surface area contributed by atoms with E-state index in [0.717, 1.165) is 24.1 Å². The van der Waals surface area contributed by atoms with Gasteiger partial charge in [0.1, 0.15) is 0 Å². The number of carboxylic acid groups (broad SMARTS) is 1. The molecule has 1 aliphatic heterocycles. The van der Waals surface area contributed by atoms with Crippen LogP contribution in [0.5, 0.6) is 17.2 Å². The van der Waals surface area contributed by atoms with E-state index in [1.807, 2.05) is 18.2 Å². The van der Waals surface area contributed by atoms with Crippen molar-refractivity contribution in [3.05, 3.63) is 51.5 Å². The minimum atomic E-state index is -0.796. The predicted molar refractivity (Wildman–Crippen MR) is 116 cm³/mol. The van der Waals surface area contributed by atoms with Crippen LogP contribution >= 0.6 is 23.2 Å². The van der Waals surface area contributed by atoms with E-state index in [0.29, 0.717) is 40.3 Å². The number of halogens is 2. The highest BCUT2D eigenvalue weighted by atomic mass is 35.5. The molecule has 1 aliphatic rings. The Hall–Kier alpha value is -2.15. The quantitative estimate of drug-likeness (QED) is 0.642. The lowest BCUT2D eigenvalue weighted by Crippen LogP contribution is -2.41. The lowest BCUT2D eigenvalue weighted by atomic mass is 9.90. The molecule has 0 aliphatic carbocycles. The third-order valence-electron chi connectivity index (χ3n) is 5.47. The van der Waals surface area contributed by atoms with Gasteiger partial charge in [0.2, 0.25) is 5.75 Å². The molecule has 0 saturated carbocycles. The fraction of sp³-hybridized carbons (Fsp3) is 0.409. The van der Waals surface area contributed by atoms with Gasteiger partial charge in [-0.2, -0.15) is 0 Å². The maximum absolute atomic E-state index is 11.7. The number of likely N-dealkylation sites (tertiary alicyclic amines) is 1. The normalized spacial score (nSPS) is 18.0. The maximum atomic E-state index is 11.7. The second-order valence-electron chi connectivity index (χ2n) is 7.14. The Bertz CT molecular complexity index is 921. The highest BCUT2D eigenvalue weighted by Gasteiger charge is 2.35. The Kier molecular flexibility index (Phi) is 7.34. The van der Waals surface area contributed by atoms with E-state index in [2.05, 4.69) is 4.90 Å². The molecule has 0 radical (unpaired) electrons. The molecular weight excluding hydrogens is 429 g/mol. The van der Waals surface area contributed by atoms with E-state index in [1.54, 1.807) is 33.5 Å². The summed E-state index contributed by atoms with van der Waals surface area (Å²) in [4.78, 5) is 13.8. The van der Waals surface area contributed by atoms with Crippen LogP contribution in [0.25, 0.3) is 0 Å². The second-order valence-corrected chi connectivity index (χ2v) is 7.93. The summed E-state index contributed by atoms with van der Waals surface area (Å²) in [5, 5.41) is 10.5. The number of hydrogen-bond acceptors (Lipinski definition) is 5. The van der Waals surface area contributed by atoms with Crippen LogP contribution < -0.4 is 14.2 Å². The first-order valence-corrected chi connectivity index (χ1v) is 10.4. The molecule has 0 aromatic heterocycles. The monoisotopic (exact) mass is 453 g/mol. The van der Waals surface area contributed by atoms with E-state index >= 15 is 0 Å². The zero-order valence-corrected chi connectivity index (χ0v) is 18.7. The number of carbonyl (C=O) groups is 1. The Morgan fingerprint density at radius 1 is 1.07 bits per heavy atom. The minimum Gasteiger partial charge on any atom is -0.493 e. The fourth-order valence-electron chi connectivity index (χ4n) is 4.07. The number of piperidine rings is 1. The number of benzene rings is 2. The number of methoxy groups -OCH3 is 3. The molecule has 1 heterocycles. The summed E-state index contributed by atoms with van der Waals surface area (Å²) in [6.07, 6.45) is 1.41. The SMILES string of the molecule is COc1ccc(C(c2cccc(Cl)c2Cl)N2CCCC(C(=O)O)C2)c(OC)c1OC. The Labute approximate surface area is 186 Å². The molecule has 8 heteroatoms. The van der Waals surface area contributed by atoms with Gasteiger partial charge >= 0.3 is 5.97 Å². The van der Waals surface area contributed by atoms with Crippen molar-refractivity contribution in [2.24, 2.45) is 5.92 Å². The zero-order valence-electron chi connectivity index (χ0n) is 17.2. The van der Waals surface area contributed by atoms with Gasteiger partial charge in [0.25, 0.3) is 0 Å². The van der Waals surface area contributed by atoms with Crippen molar-refractivity contribution < 1.29 is 24.1 Å². The van der Waals surface area contributed by atoms with Crippen LogP contribution in [-0.2, 0) is 4.79 Å². The van der Waals surface area contributed by atoms with Crippen molar-refractivity contribution in [3.8, 4) is 17.2 Å². The van der Waals surface area contributed by atoms with Gasteiger partial charge in [0.15, 0.2) is 11.5 Å².